The van der Waals surface area contributed by atoms with Gasteiger partial charge in [0, 0.05) is 12.1 Å². The normalized spacial score (nSPS) is 11.0. The maximum atomic E-state index is 5.97. The summed E-state index contributed by atoms with van der Waals surface area (Å²) in [4.78, 5) is 7.84. The Kier molecular flexibility index (Phi) is 4.60. The van der Waals surface area contributed by atoms with Gasteiger partial charge in [-0.2, -0.15) is 0 Å². The van der Waals surface area contributed by atoms with Crippen molar-refractivity contribution in [2.45, 2.75) is 26.4 Å². The lowest BCUT2D eigenvalue weighted by Crippen LogP contribution is -2.01. The highest BCUT2D eigenvalue weighted by molar-refractivity contribution is 5.79. The van der Waals surface area contributed by atoms with Gasteiger partial charge in [0.2, 0.25) is 0 Å². The van der Waals surface area contributed by atoms with Crippen molar-refractivity contribution < 1.29 is 14.2 Å². The zero-order chi connectivity index (χ0) is 17.1. The fraction of sp³-hybridized carbons (Fsp3) is 0.316. The highest BCUT2D eigenvalue weighted by Gasteiger charge is 2.11. The molecule has 0 saturated heterocycles. The van der Waals surface area contributed by atoms with Crippen LogP contribution >= 0.6 is 0 Å². The van der Waals surface area contributed by atoms with Gasteiger partial charge < -0.3 is 19.2 Å². The molecule has 0 atom stereocenters. The second-order valence-corrected chi connectivity index (χ2v) is 5.89. The van der Waals surface area contributed by atoms with E-state index in [1.807, 2.05) is 30.3 Å². The van der Waals surface area contributed by atoms with Gasteiger partial charge in [-0.3, -0.25) is 0 Å². The molecule has 3 aromatic rings. The van der Waals surface area contributed by atoms with Crippen LogP contribution in [-0.2, 0) is 6.61 Å². The molecule has 0 fully saturated rings. The minimum absolute atomic E-state index is 0.378. The standard InChI is InChI=1S/C19H22N2O3/c1-12(2)13-7-5-6-8-16(13)24-11-19-20-14-9-17(22-3)18(23-4)10-15(14)21-19/h5-10,12H,11H2,1-4H3,(H,20,21). The average Bonchev–Trinajstić information content (AvgIpc) is 3.00. The van der Waals surface area contributed by atoms with E-state index in [9.17, 15) is 0 Å². The third-order valence-corrected chi connectivity index (χ3v) is 3.94. The van der Waals surface area contributed by atoms with Crippen LogP contribution in [0.3, 0.4) is 0 Å². The van der Waals surface area contributed by atoms with E-state index in [2.05, 4.69) is 29.9 Å². The van der Waals surface area contributed by atoms with Crippen LogP contribution in [0.5, 0.6) is 17.2 Å². The number of H-pyrrole nitrogens is 1. The van der Waals surface area contributed by atoms with Gasteiger partial charge in [0.1, 0.15) is 18.2 Å². The molecule has 5 heteroatoms. The number of nitrogens with zero attached hydrogens (tertiary/aromatic N) is 1. The van der Waals surface area contributed by atoms with E-state index in [1.54, 1.807) is 14.2 Å². The van der Waals surface area contributed by atoms with E-state index in [0.29, 0.717) is 24.0 Å². The van der Waals surface area contributed by atoms with E-state index < -0.39 is 0 Å². The average molecular weight is 326 g/mol. The molecule has 0 saturated carbocycles. The Morgan fingerprint density at radius 2 is 1.71 bits per heavy atom. The van der Waals surface area contributed by atoms with Crippen molar-refractivity contribution in [3.63, 3.8) is 0 Å². The number of aromatic nitrogens is 2. The van der Waals surface area contributed by atoms with Crippen LogP contribution in [0.2, 0.25) is 0 Å². The minimum atomic E-state index is 0.378. The maximum absolute atomic E-state index is 5.97. The van der Waals surface area contributed by atoms with Crippen molar-refractivity contribution in [1.29, 1.82) is 0 Å². The second-order valence-electron chi connectivity index (χ2n) is 5.89. The highest BCUT2D eigenvalue weighted by Crippen LogP contribution is 2.31. The van der Waals surface area contributed by atoms with Gasteiger partial charge in [-0.15, -0.1) is 0 Å². The molecule has 1 N–H and O–H groups in total. The molecule has 1 heterocycles. The Balaban J connectivity index is 1.84. The fourth-order valence-corrected chi connectivity index (χ4v) is 2.69. The van der Waals surface area contributed by atoms with Crippen LogP contribution < -0.4 is 14.2 Å². The number of ether oxygens (including phenoxy) is 3. The smallest absolute Gasteiger partial charge is 0.163 e. The van der Waals surface area contributed by atoms with Crippen molar-refractivity contribution >= 4 is 11.0 Å². The van der Waals surface area contributed by atoms with Crippen LogP contribution in [0.25, 0.3) is 11.0 Å². The number of rotatable bonds is 6. The zero-order valence-electron chi connectivity index (χ0n) is 14.4. The molecule has 0 amide bonds. The molecule has 24 heavy (non-hydrogen) atoms. The van der Waals surface area contributed by atoms with Crippen LogP contribution in [-0.4, -0.2) is 24.2 Å². The van der Waals surface area contributed by atoms with E-state index in [0.717, 1.165) is 22.6 Å². The predicted molar refractivity (Wildman–Crippen MR) is 94.1 cm³/mol. The summed E-state index contributed by atoms with van der Waals surface area (Å²) in [6.07, 6.45) is 0. The van der Waals surface area contributed by atoms with Crippen LogP contribution in [0.1, 0.15) is 31.2 Å². The molecular weight excluding hydrogens is 304 g/mol. The molecule has 0 radical (unpaired) electrons. The summed E-state index contributed by atoms with van der Waals surface area (Å²) in [6.45, 7) is 4.69. The van der Waals surface area contributed by atoms with E-state index >= 15 is 0 Å². The van der Waals surface area contributed by atoms with E-state index in [1.165, 1.54) is 5.56 Å². The third-order valence-electron chi connectivity index (χ3n) is 3.94. The number of methoxy groups -OCH3 is 2. The number of nitrogens with one attached hydrogen (secondary N) is 1. The zero-order valence-corrected chi connectivity index (χ0v) is 14.4. The first kappa shape index (κ1) is 16.2. The molecule has 126 valence electrons. The Hall–Kier alpha value is -2.69. The van der Waals surface area contributed by atoms with Crippen molar-refractivity contribution in [2.24, 2.45) is 0 Å². The fourth-order valence-electron chi connectivity index (χ4n) is 2.69. The molecular formula is C19H22N2O3. The first-order chi connectivity index (χ1) is 11.6. The number of imidazole rings is 1. The monoisotopic (exact) mass is 326 g/mol. The summed E-state index contributed by atoms with van der Waals surface area (Å²) in [5.74, 6) is 3.40. The van der Waals surface area contributed by atoms with Crippen molar-refractivity contribution in [1.82, 2.24) is 9.97 Å². The lowest BCUT2D eigenvalue weighted by molar-refractivity contribution is 0.293. The number of hydrogen-bond donors (Lipinski definition) is 1. The summed E-state index contributed by atoms with van der Waals surface area (Å²) in [6, 6.07) is 11.8. The third kappa shape index (κ3) is 3.15. The Bertz CT molecular complexity index is 799. The molecule has 0 bridgehead atoms. The van der Waals surface area contributed by atoms with Gasteiger partial charge in [0.05, 0.1) is 25.3 Å². The summed E-state index contributed by atoms with van der Waals surface area (Å²) in [5.41, 5.74) is 2.91. The summed E-state index contributed by atoms with van der Waals surface area (Å²) < 4.78 is 16.6. The van der Waals surface area contributed by atoms with Gasteiger partial charge in [0.15, 0.2) is 11.5 Å². The van der Waals surface area contributed by atoms with Crippen molar-refractivity contribution in [2.75, 3.05) is 14.2 Å². The topological polar surface area (TPSA) is 56.4 Å². The number of benzene rings is 2. The molecule has 3 rings (SSSR count). The van der Waals surface area contributed by atoms with E-state index in [4.69, 9.17) is 14.2 Å². The molecule has 0 aliphatic rings. The van der Waals surface area contributed by atoms with E-state index in [-0.39, 0.29) is 0 Å². The Morgan fingerprint density at radius 3 is 2.42 bits per heavy atom. The molecule has 0 unspecified atom stereocenters. The summed E-state index contributed by atoms with van der Waals surface area (Å²) >= 11 is 0. The molecule has 5 nitrogen and oxygen atoms in total. The summed E-state index contributed by atoms with van der Waals surface area (Å²) in [7, 11) is 3.23. The molecule has 0 spiro atoms. The van der Waals surface area contributed by atoms with Gasteiger partial charge >= 0.3 is 0 Å². The summed E-state index contributed by atoms with van der Waals surface area (Å²) in [5, 5.41) is 0. The minimum Gasteiger partial charge on any atom is -0.493 e. The largest absolute Gasteiger partial charge is 0.493 e. The van der Waals surface area contributed by atoms with Crippen LogP contribution in [0.4, 0.5) is 0 Å². The van der Waals surface area contributed by atoms with Crippen LogP contribution in [0.15, 0.2) is 36.4 Å². The molecule has 0 aliphatic heterocycles. The number of hydrogen-bond acceptors (Lipinski definition) is 4. The molecule has 1 aromatic heterocycles. The molecule has 2 aromatic carbocycles. The van der Waals surface area contributed by atoms with Gasteiger partial charge in [-0.1, -0.05) is 32.0 Å². The lowest BCUT2D eigenvalue weighted by atomic mass is 10.0. The van der Waals surface area contributed by atoms with Gasteiger partial charge in [0.25, 0.3) is 0 Å². The first-order valence-corrected chi connectivity index (χ1v) is 7.94. The quantitative estimate of drug-likeness (QED) is 0.734. The Morgan fingerprint density at radius 1 is 1.00 bits per heavy atom. The Labute approximate surface area is 141 Å². The predicted octanol–water partition coefficient (Wildman–Crippen LogP) is 4.28. The maximum Gasteiger partial charge on any atom is 0.163 e. The van der Waals surface area contributed by atoms with Gasteiger partial charge in [-0.25, -0.2) is 4.98 Å². The van der Waals surface area contributed by atoms with Crippen molar-refractivity contribution in [3.05, 3.63) is 47.8 Å². The van der Waals surface area contributed by atoms with Crippen molar-refractivity contribution in [3.8, 4) is 17.2 Å². The first-order valence-electron chi connectivity index (χ1n) is 7.94. The second kappa shape index (κ2) is 6.83. The number of para-hydroxylation sites is 1. The SMILES string of the molecule is COc1cc2nc(COc3ccccc3C(C)C)[nH]c2cc1OC. The highest BCUT2D eigenvalue weighted by atomic mass is 16.5. The van der Waals surface area contributed by atoms with Gasteiger partial charge in [-0.05, 0) is 17.5 Å². The molecule has 0 aliphatic carbocycles. The number of aromatic amines is 1. The van der Waals surface area contributed by atoms with Crippen LogP contribution in [0, 0.1) is 0 Å². The lowest BCUT2D eigenvalue weighted by Gasteiger charge is -2.12. The number of fused-ring (bicyclic) bond motifs is 1.